The molecule has 0 amide bonds. The lowest BCUT2D eigenvalue weighted by molar-refractivity contribution is -0.385. The molecule has 0 saturated heterocycles. The van der Waals surface area contributed by atoms with E-state index in [0.717, 1.165) is 44.2 Å². The molecule has 2 heterocycles. The monoisotopic (exact) mass is 580 g/mol. The number of nitro groups is 2. The number of non-ortho nitro benzene ring substituents is 2. The summed E-state index contributed by atoms with van der Waals surface area (Å²) in [6, 6.07) is 32.8. The predicted octanol–water partition coefficient (Wildman–Crippen LogP) is 10.3. The van der Waals surface area contributed by atoms with Gasteiger partial charge in [0.1, 0.15) is 22.7 Å². The Balaban J connectivity index is 1.50. The van der Waals surface area contributed by atoms with Crippen LogP contribution in [0.15, 0.2) is 118 Å². The zero-order chi connectivity index (χ0) is 30.5. The number of fused-ring (bicyclic) bond motifs is 2. The van der Waals surface area contributed by atoms with Crippen molar-refractivity contribution in [2.24, 2.45) is 0 Å². The Kier molecular flexibility index (Phi) is 6.32. The zero-order valence-corrected chi connectivity index (χ0v) is 23.7. The van der Waals surface area contributed by atoms with Crippen molar-refractivity contribution in [1.29, 1.82) is 0 Å². The standard InChI is InChI=1S/C36H24N2O6/c1-21-3-7-23(8-4-21)33-29-19-32-30(20-31(29)43-35(33)25-11-15-27(16-12-25)37(39)40)34(24-9-5-22(2)6-10-24)36(44-32)26-13-17-28(18-14-26)38(41)42/h3-20H,1-2H3. The van der Waals surface area contributed by atoms with E-state index in [9.17, 15) is 20.2 Å². The van der Waals surface area contributed by atoms with E-state index >= 15 is 0 Å². The van der Waals surface area contributed by atoms with Crippen LogP contribution in [0.1, 0.15) is 11.1 Å². The number of nitrogens with zero attached hydrogens (tertiary/aromatic N) is 2. The first-order chi connectivity index (χ1) is 21.3. The van der Waals surface area contributed by atoms with Crippen LogP contribution in [0.5, 0.6) is 0 Å². The van der Waals surface area contributed by atoms with E-state index in [-0.39, 0.29) is 11.4 Å². The molecule has 0 N–H and O–H groups in total. The second-order valence-corrected chi connectivity index (χ2v) is 10.8. The van der Waals surface area contributed by atoms with E-state index in [1.807, 2.05) is 74.5 Å². The normalized spacial score (nSPS) is 11.3. The van der Waals surface area contributed by atoms with Gasteiger partial charge in [-0.1, -0.05) is 59.7 Å². The molecule has 214 valence electrons. The Morgan fingerprint density at radius 1 is 0.477 bits per heavy atom. The van der Waals surface area contributed by atoms with Crippen LogP contribution in [-0.2, 0) is 0 Å². The molecule has 0 saturated carbocycles. The molecule has 0 unspecified atom stereocenters. The fraction of sp³-hybridized carbons (Fsp3) is 0.0556. The van der Waals surface area contributed by atoms with E-state index in [0.29, 0.717) is 33.8 Å². The molecule has 5 aromatic carbocycles. The number of furan rings is 2. The van der Waals surface area contributed by atoms with Gasteiger partial charge < -0.3 is 8.83 Å². The maximum atomic E-state index is 11.3. The van der Waals surface area contributed by atoms with Crippen LogP contribution in [0.4, 0.5) is 11.4 Å². The fourth-order valence-corrected chi connectivity index (χ4v) is 5.58. The van der Waals surface area contributed by atoms with Crippen LogP contribution >= 0.6 is 0 Å². The average Bonchev–Trinajstić information content (AvgIpc) is 3.59. The first-order valence-electron chi connectivity index (χ1n) is 13.9. The molecule has 44 heavy (non-hydrogen) atoms. The topological polar surface area (TPSA) is 113 Å². The summed E-state index contributed by atoms with van der Waals surface area (Å²) in [5.74, 6) is 1.19. The number of benzene rings is 5. The van der Waals surface area contributed by atoms with Crippen molar-refractivity contribution in [3.05, 3.63) is 141 Å². The third kappa shape index (κ3) is 4.59. The van der Waals surface area contributed by atoms with Crippen LogP contribution in [0.2, 0.25) is 0 Å². The molecule has 8 nitrogen and oxygen atoms in total. The molecule has 0 atom stereocenters. The van der Waals surface area contributed by atoms with Gasteiger partial charge in [0, 0.05) is 57.3 Å². The Labute approximate surface area is 251 Å². The molecular weight excluding hydrogens is 556 g/mol. The van der Waals surface area contributed by atoms with Crippen LogP contribution in [-0.4, -0.2) is 9.85 Å². The molecule has 0 spiro atoms. The van der Waals surface area contributed by atoms with Crippen LogP contribution in [0, 0.1) is 34.1 Å². The number of hydrogen-bond donors (Lipinski definition) is 0. The fourth-order valence-electron chi connectivity index (χ4n) is 5.58. The minimum atomic E-state index is -0.424. The van der Waals surface area contributed by atoms with Gasteiger partial charge in [0.05, 0.1) is 9.85 Å². The highest BCUT2D eigenvalue weighted by molar-refractivity contribution is 6.11. The molecule has 8 heteroatoms. The third-order valence-electron chi connectivity index (χ3n) is 7.86. The van der Waals surface area contributed by atoms with Gasteiger partial charge in [-0.25, -0.2) is 0 Å². The van der Waals surface area contributed by atoms with Gasteiger partial charge in [0.25, 0.3) is 11.4 Å². The van der Waals surface area contributed by atoms with Crippen LogP contribution in [0.3, 0.4) is 0 Å². The largest absolute Gasteiger partial charge is 0.455 e. The summed E-state index contributed by atoms with van der Waals surface area (Å²) in [7, 11) is 0. The highest BCUT2D eigenvalue weighted by atomic mass is 16.6. The van der Waals surface area contributed by atoms with E-state index < -0.39 is 9.85 Å². The second-order valence-electron chi connectivity index (χ2n) is 10.8. The summed E-state index contributed by atoms with van der Waals surface area (Å²) in [6.07, 6.45) is 0. The maximum absolute atomic E-state index is 11.3. The highest BCUT2D eigenvalue weighted by Crippen LogP contribution is 2.47. The van der Waals surface area contributed by atoms with Gasteiger partial charge in [-0.3, -0.25) is 20.2 Å². The zero-order valence-electron chi connectivity index (χ0n) is 23.7. The lowest BCUT2D eigenvalue weighted by Crippen LogP contribution is -1.87. The van der Waals surface area contributed by atoms with Gasteiger partial charge in [0.2, 0.25) is 0 Å². The Morgan fingerprint density at radius 3 is 1.11 bits per heavy atom. The summed E-state index contributed by atoms with van der Waals surface area (Å²) in [4.78, 5) is 21.8. The van der Waals surface area contributed by atoms with Crippen LogP contribution in [0.25, 0.3) is 66.8 Å². The van der Waals surface area contributed by atoms with Gasteiger partial charge >= 0.3 is 0 Å². The quantitative estimate of drug-likeness (QED) is 0.143. The van der Waals surface area contributed by atoms with Crippen molar-refractivity contribution in [1.82, 2.24) is 0 Å². The molecule has 7 aromatic rings. The first-order valence-corrected chi connectivity index (χ1v) is 13.9. The summed E-state index contributed by atoms with van der Waals surface area (Å²) >= 11 is 0. The molecule has 0 aliphatic rings. The second kappa shape index (κ2) is 10.4. The van der Waals surface area contributed by atoms with Gasteiger partial charge in [-0.2, -0.15) is 0 Å². The molecule has 2 aromatic heterocycles. The van der Waals surface area contributed by atoms with Gasteiger partial charge in [0.15, 0.2) is 0 Å². The lowest BCUT2D eigenvalue weighted by Gasteiger charge is -2.05. The molecule has 0 aliphatic carbocycles. The maximum Gasteiger partial charge on any atom is 0.269 e. The number of rotatable bonds is 6. The molecule has 7 rings (SSSR count). The van der Waals surface area contributed by atoms with E-state index in [1.165, 1.54) is 24.3 Å². The SMILES string of the molecule is Cc1ccc(-c2c(-c3ccc([N+](=O)[O-])cc3)oc3cc4c(-c5ccc(C)cc5)c(-c5ccc([N+](=O)[O-])cc5)oc4cc23)cc1. The number of hydrogen-bond acceptors (Lipinski definition) is 6. The van der Waals surface area contributed by atoms with E-state index in [4.69, 9.17) is 8.83 Å². The minimum absolute atomic E-state index is 0.000717. The summed E-state index contributed by atoms with van der Waals surface area (Å²) in [5, 5.41) is 24.3. The summed E-state index contributed by atoms with van der Waals surface area (Å²) < 4.78 is 13.1. The number of aryl methyl sites for hydroxylation is 2. The Morgan fingerprint density at radius 2 is 0.795 bits per heavy atom. The van der Waals surface area contributed by atoms with Crippen molar-refractivity contribution < 1.29 is 18.7 Å². The van der Waals surface area contributed by atoms with Gasteiger partial charge in [-0.05, 0) is 61.4 Å². The average molecular weight is 581 g/mol. The Hall–Kier alpha value is -6.02. The van der Waals surface area contributed by atoms with Crippen LogP contribution < -0.4 is 0 Å². The van der Waals surface area contributed by atoms with Crippen molar-refractivity contribution in [3.63, 3.8) is 0 Å². The number of nitro benzene ring substituents is 2. The van der Waals surface area contributed by atoms with Gasteiger partial charge in [-0.15, -0.1) is 0 Å². The van der Waals surface area contributed by atoms with E-state index in [1.54, 1.807) is 24.3 Å². The van der Waals surface area contributed by atoms with Crippen molar-refractivity contribution in [2.75, 3.05) is 0 Å². The smallest absolute Gasteiger partial charge is 0.269 e. The first kappa shape index (κ1) is 26.9. The highest BCUT2D eigenvalue weighted by Gasteiger charge is 2.24. The lowest BCUT2D eigenvalue weighted by atomic mass is 9.95. The summed E-state index contributed by atoms with van der Waals surface area (Å²) in [6.45, 7) is 4.04. The third-order valence-corrected chi connectivity index (χ3v) is 7.86. The molecule has 0 fully saturated rings. The Bertz CT molecular complexity index is 2050. The molecular formula is C36H24N2O6. The molecule has 0 radical (unpaired) electrons. The van der Waals surface area contributed by atoms with Crippen molar-refractivity contribution in [3.8, 4) is 44.9 Å². The van der Waals surface area contributed by atoms with E-state index in [2.05, 4.69) is 0 Å². The predicted molar refractivity (Wildman–Crippen MR) is 171 cm³/mol. The summed E-state index contributed by atoms with van der Waals surface area (Å²) in [5.41, 5.74) is 8.48. The minimum Gasteiger partial charge on any atom is -0.455 e. The van der Waals surface area contributed by atoms with Crippen molar-refractivity contribution >= 4 is 33.3 Å². The molecule has 0 bridgehead atoms. The van der Waals surface area contributed by atoms with Crippen molar-refractivity contribution in [2.45, 2.75) is 13.8 Å². The molecule has 0 aliphatic heterocycles.